The summed E-state index contributed by atoms with van der Waals surface area (Å²) < 4.78 is 28.7. The van der Waals surface area contributed by atoms with Gasteiger partial charge in [-0.25, -0.2) is 18.4 Å². The van der Waals surface area contributed by atoms with Crippen LogP contribution in [0.1, 0.15) is 5.56 Å². The number of nitrogens with zero attached hydrogens (tertiary/aromatic N) is 3. The van der Waals surface area contributed by atoms with Crippen molar-refractivity contribution < 1.29 is 8.78 Å². The number of hydrogen-bond donors (Lipinski definition) is 1. The van der Waals surface area contributed by atoms with Crippen molar-refractivity contribution in [2.45, 2.75) is 6.42 Å². The van der Waals surface area contributed by atoms with E-state index in [1.807, 2.05) is 24.3 Å². The summed E-state index contributed by atoms with van der Waals surface area (Å²) in [6, 6.07) is 11.5. The molecule has 0 aliphatic heterocycles. The van der Waals surface area contributed by atoms with Gasteiger partial charge >= 0.3 is 0 Å². The van der Waals surface area contributed by atoms with Crippen LogP contribution in [0.5, 0.6) is 0 Å². The first kappa shape index (κ1) is 14.2. The van der Waals surface area contributed by atoms with Crippen molar-refractivity contribution in [1.82, 2.24) is 14.8 Å². The molecule has 0 amide bonds. The maximum absolute atomic E-state index is 13.5. The number of rotatable bonds is 5. The average Bonchev–Trinajstić information content (AvgIpc) is 3.05. The second-order valence-corrected chi connectivity index (χ2v) is 4.76. The highest BCUT2D eigenvalue weighted by molar-refractivity contribution is 5.48. The molecule has 0 saturated heterocycles. The minimum absolute atomic E-state index is 0.106. The number of aromatic nitrogens is 3. The van der Waals surface area contributed by atoms with Crippen LogP contribution in [-0.4, -0.2) is 21.3 Å². The van der Waals surface area contributed by atoms with Gasteiger partial charge in [-0.3, -0.25) is 0 Å². The minimum Gasteiger partial charge on any atom is -0.385 e. The van der Waals surface area contributed by atoms with Crippen LogP contribution in [0, 0.1) is 11.6 Å². The molecule has 22 heavy (non-hydrogen) atoms. The molecule has 0 radical (unpaired) electrons. The van der Waals surface area contributed by atoms with Crippen LogP contribution >= 0.6 is 0 Å². The summed E-state index contributed by atoms with van der Waals surface area (Å²) in [5.41, 5.74) is 1.87. The molecule has 0 aliphatic carbocycles. The predicted molar refractivity (Wildman–Crippen MR) is 79.9 cm³/mol. The average molecular weight is 300 g/mol. The van der Waals surface area contributed by atoms with Gasteiger partial charge in [0.1, 0.15) is 24.3 Å². The summed E-state index contributed by atoms with van der Waals surface area (Å²) in [4.78, 5) is 3.89. The van der Waals surface area contributed by atoms with Gasteiger partial charge in [-0.2, -0.15) is 5.10 Å². The van der Waals surface area contributed by atoms with Gasteiger partial charge in [0.25, 0.3) is 0 Å². The molecule has 0 spiro atoms. The summed E-state index contributed by atoms with van der Waals surface area (Å²) in [6.07, 6.45) is 3.36. The largest absolute Gasteiger partial charge is 0.385 e. The van der Waals surface area contributed by atoms with Crippen LogP contribution in [0.4, 0.5) is 14.5 Å². The second-order valence-electron chi connectivity index (χ2n) is 4.76. The van der Waals surface area contributed by atoms with E-state index in [0.717, 1.165) is 11.4 Å². The molecular formula is C16H14F2N4. The molecule has 0 atom stereocenters. The Morgan fingerprint density at radius 2 is 1.73 bits per heavy atom. The normalized spacial score (nSPS) is 10.6. The van der Waals surface area contributed by atoms with Crippen molar-refractivity contribution >= 4 is 5.69 Å². The Balaban J connectivity index is 1.60. The summed E-state index contributed by atoms with van der Waals surface area (Å²) in [5, 5.41) is 7.18. The highest BCUT2D eigenvalue weighted by atomic mass is 19.1. The lowest BCUT2D eigenvalue weighted by Crippen LogP contribution is -2.08. The van der Waals surface area contributed by atoms with Crippen LogP contribution in [0.15, 0.2) is 55.1 Å². The maximum atomic E-state index is 13.5. The lowest BCUT2D eigenvalue weighted by atomic mass is 10.1. The van der Waals surface area contributed by atoms with Crippen molar-refractivity contribution in [3.8, 4) is 5.69 Å². The van der Waals surface area contributed by atoms with Crippen molar-refractivity contribution in [2.75, 3.05) is 11.9 Å². The fourth-order valence-corrected chi connectivity index (χ4v) is 2.18. The first-order valence-electron chi connectivity index (χ1n) is 6.86. The van der Waals surface area contributed by atoms with E-state index in [0.29, 0.717) is 6.54 Å². The highest BCUT2D eigenvalue weighted by Crippen LogP contribution is 2.15. The first-order valence-corrected chi connectivity index (χ1v) is 6.86. The summed E-state index contributed by atoms with van der Waals surface area (Å²) in [6.45, 7) is 0.445. The van der Waals surface area contributed by atoms with E-state index < -0.39 is 11.6 Å². The molecule has 3 rings (SSSR count). The Morgan fingerprint density at radius 1 is 1.00 bits per heavy atom. The Hall–Kier alpha value is -2.76. The topological polar surface area (TPSA) is 42.7 Å². The van der Waals surface area contributed by atoms with Crippen LogP contribution in [0.25, 0.3) is 5.69 Å². The standard InChI is InChI=1S/C16H14F2N4/c17-15-2-1-3-16(18)14(15)8-9-20-12-4-6-13(7-5-12)22-11-19-10-21-22/h1-7,10-11,20H,8-9H2. The summed E-state index contributed by atoms with van der Waals surface area (Å²) in [5.74, 6) is -1.02. The lowest BCUT2D eigenvalue weighted by molar-refractivity contribution is 0.557. The van der Waals surface area contributed by atoms with E-state index in [9.17, 15) is 8.78 Å². The van der Waals surface area contributed by atoms with E-state index in [-0.39, 0.29) is 12.0 Å². The van der Waals surface area contributed by atoms with Crippen molar-refractivity contribution in [1.29, 1.82) is 0 Å². The van der Waals surface area contributed by atoms with Crippen molar-refractivity contribution in [3.63, 3.8) is 0 Å². The molecule has 3 aromatic rings. The van der Waals surface area contributed by atoms with Gasteiger partial charge in [-0.15, -0.1) is 0 Å². The molecule has 0 aliphatic rings. The highest BCUT2D eigenvalue weighted by Gasteiger charge is 2.07. The molecule has 1 heterocycles. The van der Waals surface area contributed by atoms with Crippen LogP contribution < -0.4 is 5.32 Å². The SMILES string of the molecule is Fc1cccc(F)c1CCNc1ccc(-n2cncn2)cc1. The fraction of sp³-hybridized carbons (Fsp3) is 0.125. The number of nitrogens with one attached hydrogen (secondary N) is 1. The summed E-state index contributed by atoms with van der Waals surface area (Å²) >= 11 is 0. The number of anilines is 1. The van der Waals surface area contributed by atoms with Crippen LogP contribution in [0.3, 0.4) is 0 Å². The van der Waals surface area contributed by atoms with Crippen molar-refractivity contribution in [3.05, 3.63) is 72.3 Å². The van der Waals surface area contributed by atoms with E-state index in [1.165, 1.54) is 24.5 Å². The zero-order valence-corrected chi connectivity index (χ0v) is 11.7. The Morgan fingerprint density at radius 3 is 2.36 bits per heavy atom. The Bertz CT molecular complexity index is 719. The molecule has 0 bridgehead atoms. The van der Waals surface area contributed by atoms with Gasteiger partial charge in [0.15, 0.2) is 0 Å². The molecule has 0 fully saturated rings. The molecule has 112 valence electrons. The zero-order valence-electron chi connectivity index (χ0n) is 11.7. The fourth-order valence-electron chi connectivity index (χ4n) is 2.18. The quantitative estimate of drug-likeness (QED) is 0.787. The number of benzene rings is 2. The van der Waals surface area contributed by atoms with E-state index >= 15 is 0 Å². The molecule has 0 saturated carbocycles. The van der Waals surface area contributed by atoms with E-state index in [4.69, 9.17) is 0 Å². The molecule has 2 aromatic carbocycles. The first-order chi connectivity index (χ1) is 10.7. The maximum Gasteiger partial charge on any atom is 0.138 e. The minimum atomic E-state index is -0.511. The lowest BCUT2D eigenvalue weighted by Gasteiger charge is -2.09. The van der Waals surface area contributed by atoms with Gasteiger partial charge in [0, 0.05) is 17.8 Å². The Kier molecular flexibility index (Phi) is 4.09. The molecular weight excluding hydrogens is 286 g/mol. The zero-order chi connectivity index (χ0) is 15.4. The predicted octanol–water partition coefficient (Wildman–Crippen LogP) is 3.20. The monoisotopic (exact) mass is 300 g/mol. The molecule has 0 unspecified atom stereocenters. The van der Waals surface area contributed by atoms with Crippen molar-refractivity contribution in [2.24, 2.45) is 0 Å². The number of hydrogen-bond acceptors (Lipinski definition) is 3. The molecule has 4 nitrogen and oxygen atoms in total. The van der Waals surface area contributed by atoms with Crippen LogP contribution in [-0.2, 0) is 6.42 Å². The third kappa shape index (κ3) is 3.11. The second kappa shape index (κ2) is 6.34. The van der Waals surface area contributed by atoms with Gasteiger partial charge in [-0.1, -0.05) is 6.07 Å². The van der Waals surface area contributed by atoms with Gasteiger partial charge in [-0.05, 0) is 42.8 Å². The van der Waals surface area contributed by atoms with Crippen LogP contribution in [0.2, 0.25) is 0 Å². The number of halogens is 2. The smallest absolute Gasteiger partial charge is 0.138 e. The third-order valence-electron chi connectivity index (χ3n) is 3.32. The van der Waals surface area contributed by atoms with Gasteiger partial charge in [0.05, 0.1) is 5.69 Å². The molecule has 1 aromatic heterocycles. The van der Waals surface area contributed by atoms with E-state index in [2.05, 4.69) is 15.4 Å². The van der Waals surface area contributed by atoms with Gasteiger partial charge in [0.2, 0.25) is 0 Å². The summed E-state index contributed by atoms with van der Waals surface area (Å²) in [7, 11) is 0. The molecule has 1 N–H and O–H groups in total. The Labute approximate surface area is 126 Å². The molecule has 6 heteroatoms. The third-order valence-corrected chi connectivity index (χ3v) is 3.32. The van der Waals surface area contributed by atoms with E-state index in [1.54, 1.807) is 11.0 Å². The van der Waals surface area contributed by atoms with Gasteiger partial charge < -0.3 is 5.32 Å².